The lowest BCUT2D eigenvalue weighted by atomic mass is 9.91. The average molecular weight is 828 g/mol. The number of halogens is 1. The van der Waals surface area contributed by atoms with Crippen molar-refractivity contribution in [2.24, 2.45) is 11.8 Å². The Hall–Kier alpha value is -3.79. The van der Waals surface area contributed by atoms with Crippen LogP contribution in [-0.2, 0) is 34.8 Å². The maximum atomic E-state index is 12.3. The van der Waals surface area contributed by atoms with Gasteiger partial charge >= 0.3 is 5.97 Å². The number of carbonyl (C=O) groups excluding carboxylic acids is 1. The van der Waals surface area contributed by atoms with E-state index in [1.54, 1.807) is 13.8 Å². The highest BCUT2D eigenvalue weighted by Gasteiger charge is 2.51. The van der Waals surface area contributed by atoms with Crippen LogP contribution in [0.5, 0.6) is 0 Å². The first-order chi connectivity index (χ1) is 26.1. The van der Waals surface area contributed by atoms with Crippen LogP contribution >= 0.6 is 15.9 Å². The van der Waals surface area contributed by atoms with E-state index < -0.39 is 20.1 Å². The summed E-state index contributed by atoms with van der Waals surface area (Å²) < 4.78 is 31.4. The first-order valence-electron chi connectivity index (χ1n) is 19.1. The highest BCUT2D eigenvalue weighted by molar-refractivity contribution is 9.11. The smallest absolute Gasteiger partial charge is 0.337 e. The highest BCUT2D eigenvalue weighted by Crippen LogP contribution is 2.39. The molecular weight excluding hydrogens is 769 g/mol. The fraction of sp³-hybridized carbons (Fsp3) is 0.383. The number of carbonyl (C=O) groups is 1. The minimum Gasteiger partial charge on any atom is -0.452 e. The Morgan fingerprint density at radius 3 is 1.98 bits per heavy atom. The molecule has 8 heteroatoms. The van der Waals surface area contributed by atoms with Crippen molar-refractivity contribution in [2.45, 2.75) is 92.3 Å². The van der Waals surface area contributed by atoms with Crippen LogP contribution in [0.15, 0.2) is 149 Å². The summed E-state index contributed by atoms with van der Waals surface area (Å²) in [5.41, 5.74) is 3.10. The monoisotopic (exact) mass is 826 g/mol. The molecule has 0 saturated heterocycles. The molecule has 0 aromatic heterocycles. The Kier molecular flexibility index (Phi) is 16.3. The van der Waals surface area contributed by atoms with Gasteiger partial charge in [0.1, 0.15) is 12.6 Å². The van der Waals surface area contributed by atoms with Crippen LogP contribution in [0.25, 0.3) is 0 Å². The molecule has 4 rings (SSSR count). The minimum absolute atomic E-state index is 0.116. The molecular formula is C47H59BrO6Si. The van der Waals surface area contributed by atoms with Gasteiger partial charge in [0.25, 0.3) is 8.32 Å². The zero-order chi connectivity index (χ0) is 40.1. The standard InChI is InChI=1S/C47H59BrO6Si/c1-35(27-28-50-34-51-33-39-19-13-10-14-20-39)25-26-40(48)31-44(38(4)30-36(2)29-37(3)43-32-45(49)53-47(8,9)52-43)54-55(46(5,6)7,41-21-15-11-16-22-41)42-23-17-12-18-24-42/h10-27,29,31-32,36,38,44H,28,30,33-34H2,1-9H3/b26-25+,35-27-,37-29+,40-31-/t36-,38+,44-/m1/s1. The molecule has 55 heavy (non-hydrogen) atoms. The summed E-state index contributed by atoms with van der Waals surface area (Å²) in [5, 5.41) is 2.27. The van der Waals surface area contributed by atoms with Crippen molar-refractivity contribution in [1.82, 2.24) is 0 Å². The first kappa shape index (κ1) is 43.9. The molecule has 0 fully saturated rings. The largest absolute Gasteiger partial charge is 0.452 e. The number of esters is 1. The number of benzene rings is 3. The molecule has 294 valence electrons. The molecule has 0 bridgehead atoms. The normalized spacial score (nSPS) is 17.3. The van der Waals surface area contributed by atoms with Gasteiger partial charge in [-0.25, -0.2) is 4.79 Å². The molecule has 0 radical (unpaired) electrons. The van der Waals surface area contributed by atoms with E-state index in [9.17, 15) is 4.79 Å². The van der Waals surface area contributed by atoms with Crippen LogP contribution in [0.1, 0.15) is 74.3 Å². The van der Waals surface area contributed by atoms with Crippen LogP contribution in [0, 0.1) is 11.8 Å². The zero-order valence-corrected chi connectivity index (χ0v) is 36.6. The predicted molar refractivity (Wildman–Crippen MR) is 230 cm³/mol. The zero-order valence-electron chi connectivity index (χ0n) is 34.0. The number of hydrogen-bond acceptors (Lipinski definition) is 6. The maximum absolute atomic E-state index is 12.3. The van der Waals surface area contributed by atoms with Gasteiger partial charge in [-0.3, -0.25) is 0 Å². The van der Waals surface area contributed by atoms with E-state index >= 15 is 0 Å². The van der Waals surface area contributed by atoms with Gasteiger partial charge in [0, 0.05) is 18.3 Å². The second kappa shape index (κ2) is 20.4. The van der Waals surface area contributed by atoms with Crippen molar-refractivity contribution < 1.29 is 28.2 Å². The third-order valence-electron chi connectivity index (χ3n) is 9.54. The van der Waals surface area contributed by atoms with Crippen molar-refractivity contribution >= 4 is 40.6 Å². The average Bonchev–Trinajstić information content (AvgIpc) is 3.13. The summed E-state index contributed by atoms with van der Waals surface area (Å²) in [7, 11) is -2.90. The number of rotatable bonds is 18. The molecule has 1 heterocycles. The van der Waals surface area contributed by atoms with Crippen LogP contribution in [-0.4, -0.2) is 39.6 Å². The summed E-state index contributed by atoms with van der Waals surface area (Å²) >= 11 is 3.90. The lowest BCUT2D eigenvalue weighted by Gasteiger charge is -2.46. The fourth-order valence-electron chi connectivity index (χ4n) is 6.92. The molecule has 0 amide bonds. The van der Waals surface area contributed by atoms with Crippen molar-refractivity contribution in [3.05, 3.63) is 154 Å². The lowest BCUT2D eigenvalue weighted by molar-refractivity contribution is -0.203. The quantitative estimate of drug-likeness (QED) is 0.0418. The van der Waals surface area contributed by atoms with Crippen molar-refractivity contribution in [2.75, 3.05) is 13.4 Å². The van der Waals surface area contributed by atoms with Crippen LogP contribution in [0.3, 0.4) is 0 Å². The predicted octanol–water partition coefficient (Wildman–Crippen LogP) is 10.7. The SMILES string of the molecule is CC(=C/COCOCc1ccccc1)/C=C/C(Br)=C/[C@@H](O[Si](c1ccccc1)(c1ccccc1)C(C)(C)C)[C@@H](C)C[C@H](C)/C=C(\C)C1=CC(=O)OC(C)(C)O1. The van der Waals surface area contributed by atoms with E-state index in [0.29, 0.717) is 19.0 Å². The molecule has 0 unspecified atom stereocenters. The first-order valence-corrected chi connectivity index (χ1v) is 21.8. The van der Waals surface area contributed by atoms with E-state index in [0.717, 1.165) is 27.6 Å². The van der Waals surface area contributed by atoms with Crippen molar-refractivity contribution in [3.63, 3.8) is 0 Å². The fourth-order valence-corrected chi connectivity index (χ4v) is 12.0. The van der Waals surface area contributed by atoms with Gasteiger partial charge in [0.15, 0.2) is 0 Å². The number of cyclic esters (lactones) is 1. The van der Waals surface area contributed by atoms with Gasteiger partial charge in [0.05, 0.1) is 25.4 Å². The number of ether oxygens (including phenoxy) is 4. The maximum Gasteiger partial charge on any atom is 0.337 e. The molecule has 0 spiro atoms. The van der Waals surface area contributed by atoms with Crippen LogP contribution < -0.4 is 10.4 Å². The van der Waals surface area contributed by atoms with Crippen molar-refractivity contribution in [1.29, 1.82) is 0 Å². The van der Waals surface area contributed by atoms with E-state index in [1.165, 1.54) is 16.4 Å². The second-order valence-electron chi connectivity index (χ2n) is 15.9. The molecule has 0 N–H and O–H groups in total. The van der Waals surface area contributed by atoms with Gasteiger partial charge < -0.3 is 23.4 Å². The van der Waals surface area contributed by atoms with Crippen LogP contribution in [0.4, 0.5) is 0 Å². The summed E-state index contributed by atoms with van der Waals surface area (Å²) in [5.74, 6) is -0.584. The molecule has 1 aliphatic rings. The van der Waals surface area contributed by atoms with Crippen molar-refractivity contribution in [3.8, 4) is 0 Å². The van der Waals surface area contributed by atoms with Gasteiger partial charge in [-0.2, -0.15) is 0 Å². The molecule has 3 aromatic rings. The van der Waals surface area contributed by atoms with Gasteiger partial charge in [-0.1, -0.05) is 165 Å². The summed E-state index contributed by atoms with van der Waals surface area (Å²) in [6, 6.07) is 31.6. The Balaban J connectivity index is 1.60. The number of hydrogen-bond donors (Lipinski definition) is 0. The van der Waals surface area contributed by atoms with Gasteiger partial charge in [-0.15, -0.1) is 0 Å². The van der Waals surface area contributed by atoms with E-state index in [4.69, 9.17) is 23.4 Å². The summed E-state index contributed by atoms with van der Waals surface area (Å²) in [6.07, 6.45) is 12.6. The third kappa shape index (κ3) is 13.1. The molecule has 0 saturated carbocycles. The Labute approximate surface area is 339 Å². The topological polar surface area (TPSA) is 63.2 Å². The van der Waals surface area contributed by atoms with Crippen LogP contribution in [0.2, 0.25) is 5.04 Å². The second-order valence-corrected chi connectivity index (χ2v) is 21.0. The number of allylic oxidation sites excluding steroid dienone is 6. The summed E-state index contributed by atoms with van der Waals surface area (Å²) in [6.45, 7) is 20.1. The minimum atomic E-state index is -2.90. The molecule has 6 nitrogen and oxygen atoms in total. The Bertz CT molecular complexity index is 1780. The highest BCUT2D eigenvalue weighted by atomic mass is 79.9. The molecule has 3 aromatic carbocycles. The summed E-state index contributed by atoms with van der Waals surface area (Å²) in [4.78, 5) is 12.3. The van der Waals surface area contributed by atoms with Gasteiger partial charge in [0.2, 0.25) is 5.79 Å². The Morgan fingerprint density at radius 1 is 0.836 bits per heavy atom. The molecule has 0 aliphatic carbocycles. The molecule has 3 atom stereocenters. The van der Waals surface area contributed by atoms with Gasteiger partial charge in [-0.05, 0) is 70.8 Å². The van der Waals surface area contributed by atoms with E-state index in [-0.39, 0.29) is 29.8 Å². The van der Waals surface area contributed by atoms with E-state index in [2.05, 4.69) is 142 Å². The molecule has 1 aliphatic heterocycles. The van der Waals surface area contributed by atoms with E-state index in [1.807, 2.05) is 43.3 Å². The third-order valence-corrected chi connectivity index (χ3v) is 15.1. The lowest BCUT2D eigenvalue weighted by Crippen LogP contribution is -2.68. The Morgan fingerprint density at radius 2 is 1.42 bits per heavy atom.